The maximum Gasteiger partial charge on any atom is 0.288 e. The molecule has 0 unspecified atom stereocenters. The average molecular weight is 347 g/mol. The molecule has 0 fully saturated rings. The molecule has 7 heteroatoms. The number of carbonyl (C=O) groups is 1. The smallest absolute Gasteiger partial charge is 0.288 e. The molecule has 4 rings (SSSR count). The van der Waals surface area contributed by atoms with Crippen molar-refractivity contribution in [3.63, 3.8) is 0 Å². The highest BCUT2D eigenvalue weighted by molar-refractivity contribution is 7.11. The summed E-state index contributed by atoms with van der Waals surface area (Å²) in [4.78, 5) is 24.0. The third-order valence-corrected chi connectivity index (χ3v) is 4.40. The van der Waals surface area contributed by atoms with Gasteiger partial charge in [-0.15, -0.1) is 11.3 Å². The highest BCUT2D eigenvalue weighted by Gasteiger charge is 2.18. The average Bonchev–Trinajstić information content (AvgIpc) is 3.30. The van der Waals surface area contributed by atoms with Gasteiger partial charge in [0.25, 0.3) is 5.91 Å². The van der Waals surface area contributed by atoms with Gasteiger partial charge in [-0.2, -0.15) is 5.10 Å². The van der Waals surface area contributed by atoms with Gasteiger partial charge in [0.05, 0.1) is 6.21 Å². The molecule has 1 amide bonds. The number of aromatic nitrogens is 3. The lowest BCUT2D eigenvalue weighted by atomic mass is 10.0. The van der Waals surface area contributed by atoms with Gasteiger partial charge in [-0.05, 0) is 23.8 Å². The first kappa shape index (κ1) is 15.2. The van der Waals surface area contributed by atoms with Crippen molar-refractivity contribution in [3.05, 3.63) is 71.1 Å². The Kier molecular flexibility index (Phi) is 4.05. The standard InChI is InChI=1S/C18H13N5OS/c24-18(23-21-11-15-20-9-10-25-15)17-16(12-5-7-19-8-6-12)13-3-1-2-4-14(13)22-17/h1-11,22H,(H,23,24)/b21-11-. The minimum Gasteiger partial charge on any atom is -0.350 e. The number of nitrogens with zero attached hydrogens (tertiary/aromatic N) is 3. The Labute approximate surface area is 147 Å². The summed E-state index contributed by atoms with van der Waals surface area (Å²) in [5.74, 6) is -0.309. The molecule has 2 N–H and O–H groups in total. The van der Waals surface area contributed by atoms with Crippen molar-refractivity contribution < 1.29 is 4.79 Å². The van der Waals surface area contributed by atoms with E-state index in [9.17, 15) is 4.79 Å². The van der Waals surface area contributed by atoms with E-state index in [0.29, 0.717) is 5.69 Å². The number of nitrogens with one attached hydrogen (secondary N) is 2. The summed E-state index contributed by atoms with van der Waals surface area (Å²) in [5, 5.41) is 7.54. The number of hydrogen-bond donors (Lipinski definition) is 2. The Morgan fingerprint density at radius 1 is 1.16 bits per heavy atom. The molecule has 0 bridgehead atoms. The number of rotatable bonds is 4. The van der Waals surface area contributed by atoms with Gasteiger partial charge in [0.15, 0.2) is 0 Å². The maximum absolute atomic E-state index is 12.6. The molecule has 0 atom stereocenters. The molecule has 3 aromatic heterocycles. The number of aromatic amines is 1. The van der Waals surface area contributed by atoms with Crippen LogP contribution in [0.15, 0.2) is 65.5 Å². The van der Waals surface area contributed by atoms with Crippen LogP contribution in [-0.4, -0.2) is 27.1 Å². The van der Waals surface area contributed by atoms with Gasteiger partial charge in [-0.1, -0.05) is 18.2 Å². The lowest BCUT2D eigenvalue weighted by Crippen LogP contribution is -2.18. The fourth-order valence-corrected chi connectivity index (χ4v) is 3.13. The van der Waals surface area contributed by atoms with Crippen molar-refractivity contribution in [1.82, 2.24) is 20.4 Å². The van der Waals surface area contributed by atoms with E-state index in [2.05, 4.69) is 25.5 Å². The van der Waals surface area contributed by atoms with E-state index in [4.69, 9.17) is 0 Å². The van der Waals surface area contributed by atoms with Crippen LogP contribution in [0.2, 0.25) is 0 Å². The summed E-state index contributed by atoms with van der Waals surface area (Å²) in [7, 11) is 0. The normalized spacial score (nSPS) is 11.2. The summed E-state index contributed by atoms with van der Waals surface area (Å²) < 4.78 is 0. The summed E-state index contributed by atoms with van der Waals surface area (Å²) >= 11 is 1.45. The summed E-state index contributed by atoms with van der Waals surface area (Å²) in [6, 6.07) is 11.6. The molecule has 0 saturated heterocycles. The largest absolute Gasteiger partial charge is 0.350 e. The molecule has 6 nitrogen and oxygen atoms in total. The van der Waals surface area contributed by atoms with E-state index in [1.54, 1.807) is 18.6 Å². The van der Waals surface area contributed by atoms with E-state index in [1.165, 1.54) is 17.6 Å². The predicted octanol–water partition coefficient (Wildman–Crippen LogP) is 3.45. The predicted molar refractivity (Wildman–Crippen MR) is 98.7 cm³/mol. The molecule has 0 radical (unpaired) electrons. The highest BCUT2D eigenvalue weighted by atomic mass is 32.1. The lowest BCUT2D eigenvalue weighted by molar-refractivity contribution is 0.0951. The Morgan fingerprint density at radius 2 is 2.00 bits per heavy atom. The minimum absolute atomic E-state index is 0.309. The van der Waals surface area contributed by atoms with Gasteiger partial charge < -0.3 is 4.98 Å². The molecule has 0 saturated carbocycles. The van der Waals surface area contributed by atoms with Crippen molar-refractivity contribution in [2.45, 2.75) is 0 Å². The monoisotopic (exact) mass is 347 g/mol. The van der Waals surface area contributed by atoms with Crippen LogP contribution in [0, 0.1) is 0 Å². The van der Waals surface area contributed by atoms with Crippen molar-refractivity contribution in [2.75, 3.05) is 0 Å². The van der Waals surface area contributed by atoms with Gasteiger partial charge in [-0.25, -0.2) is 10.4 Å². The van der Waals surface area contributed by atoms with Crippen LogP contribution in [0.3, 0.4) is 0 Å². The number of pyridine rings is 1. The zero-order valence-corrected chi connectivity index (χ0v) is 13.8. The number of thiazole rings is 1. The fraction of sp³-hybridized carbons (Fsp3) is 0. The van der Waals surface area contributed by atoms with Gasteiger partial charge >= 0.3 is 0 Å². The molecule has 122 valence electrons. The molecule has 4 aromatic rings. The molecule has 3 heterocycles. The molecule has 0 aliphatic heterocycles. The van der Waals surface area contributed by atoms with Crippen molar-refractivity contribution in [1.29, 1.82) is 0 Å². The van der Waals surface area contributed by atoms with Gasteiger partial charge in [-0.3, -0.25) is 9.78 Å². The molecular formula is C18H13N5OS. The first-order valence-corrected chi connectivity index (χ1v) is 8.45. The molecule has 0 spiro atoms. The van der Waals surface area contributed by atoms with E-state index < -0.39 is 0 Å². The first-order valence-electron chi connectivity index (χ1n) is 7.57. The van der Waals surface area contributed by atoms with Crippen molar-refractivity contribution >= 4 is 34.4 Å². The number of fused-ring (bicyclic) bond motifs is 1. The van der Waals surface area contributed by atoms with E-state index in [0.717, 1.165) is 27.0 Å². The Bertz CT molecular complexity index is 1040. The van der Waals surface area contributed by atoms with Crippen LogP contribution in [0.5, 0.6) is 0 Å². The highest BCUT2D eigenvalue weighted by Crippen LogP contribution is 2.32. The maximum atomic E-state index is 12.6. The Morgan fingerprint density at radius 3 is 2.80 bits per heavy atom. The van der Waals surface area contributed by atoms with Crippen LogP contribution in [-0.2, 0) is 0 Å². The number of carbonyl (C=O) groups excluding carboxylic acids is 1. The molecule has 1 aromatic carbocycles. The first-order chi connectivity index (χ1) is 12.3. The second kappa shape index (κ2) is 6.66. The van der Waals surface area contributed by atoms with Gasteiger partial charge in [0.2, 0.25) is 0 Å². The molecular weight excluding hydrogens is 334 g/mol. The number of H-pyrrole nitrogens is 1. The number of para-hydroxylation sites is 1. The van der Waals surface area contributed by atoms with Gasteiger partial charge in [0.1, 0.15) is 10.7 Å². The van der Waals surface area contributed by atoms with Gasteiger partial charge in [0, 0.05) is 40.4 Å². The van der Waals surface area contributed by atoms with Crippen molar-refractivity contribution in [2.24, 2.45) is 5.10 Å². The third kappa shape index (κ3) is 3.05. The summed E-state index contributed by atoms with van der Waals surface area (Å²) in [6.45, 7) is 0. The minimum atomic E-state index is -0.309. The fourth-order valence-electron chi connectivity index (χ4n) is 2.63. The van der Waals surface area contributed by atoms with Crippen LogP contribution >= 0.6 is 11.3 Å². The van der Waals surface area contributed by atoms with Crippen molar-refractivity contribution in [3.8, 4) is 11.1 Å². The van der Waals surface area contributed by atoms with Crippen LogP contribution in [0.4, 0.5) is 0 Å². The topological polar surface area (TPSA) is 83.0 Å². The quantitative estimate of drug-likeness (QED) is 0.438. The zero-order chi connectivity index (χ0) is 17.1. The Hall–Kier alpha value is -3.32. The summed E-state index contributed by atoms with van der Waals surface area (Å²) in [6.07, 6.45) is 6.63. The third-order valence-electron chi connectivity index (χ3n) is 3.69. The van der Waals surface area contributed by atoms with Crippen LogP contribution in [0.1, 0.15) is 15.5 Å². The number of amides is 1. The molecule has 0 aliphatic rings. The zero-order valence-electron chi connectivity index (χ0n) is 13.0. The summed E-state index contributed by atoms with van der Waals surface area (Å²) in [5.41, 5.74) is 5.66. The van der Waals surface area contributed by atoms with E-state index in [-0.39, 0.29) is 5.91 Å². The number of hydrazone groups is 1. The lowest BCUT2D eigenvalue weighted by Gasteiger charge is -2.03. The second-order valence-electron chi connectivity index (χ2n) is 5.23. The number of benzene rings is 1. The SMILES string of the molecule is O=C(N/N=C\c1nccs1)c1[nH]c2ccccc2c1-c1ccncc1. The molecule has 25 heavy (non-hydrogen) atoms. The second-order valence-corrected chi connectivity index (χ2v) is 6.15. The van der Waals surface area contributed by atoms with E-state index >= 15 is 0 Å². The van der Waals surface area contributed by atoms with Crippen LogP contribution in [0.25, 0.3) is 22.0 Å². The number of hydrogen-bond acceptors (Lipinski definition) is 5. The molecule has 0 aliphatic carbocycles. The van der Waals surface area contributed by atoms with E-state index in [1.807, 2.05) is 41.8 Å². The Balaban J connectivity index is 1.72. The van der Waals surface area contributed by atoms with Crippen LogP contribution < -0.4 is 5.43 Å².